The molecule has 9 heteroatoms. The molecule has 0 radical (unpaired) electrons. The third-order valence-corrected chi connectivity index (χ3v) is 5.98. The zero-order chi connectivity index (χ0) is 19.8. The third kappa shape index (κ3) is 3.45. The van der Waals surface area contributed by atoms with Gasteiger partial charge in [0.05, 0.1) is 18.2 Å². The highest BCUT2D eigenvalue weighted by molar-refractivity contribution is 7.09. The molecular weight excluding hydrogens is 368 g/mol. The van der Waals surface area contributed by atoms with Gasteiger partial charge in [-0.05, 0) is 25.7 Å². The monoisotopic (exact) mass is 394 g/mol. The van der Waals surface area contributed by atoms with Crippen molar-refractivity contribution in [2.75, 3.05) is 32.8 Å². The van der Waals surface area contributed by atoms with E-state index in [-0.39, 0.29) is 36.9 Å². The normalized spacial score (nSPS) is 19.7. The Morgan fingerprint density at radius 3 is 2.52 bits per heavy atom. The number of hydrogen-bond acceptors (Lipinski definition) is 6. The van der Waals surface area contributed by atoms with Crippen molar-refractivity contribution >= 4 is 29.2 Å². The minimum absolute atomic E-state index is 0.00869. The molecule has 148 valence electrons. The first kappa shape index (κ1) is 19.8. The Morgan fingerprint density at radius 2 is 2.00 bits per heavy atom. The highest BCUT2D eigenvalue weighted by Gasteiger charge is 2.58. The van der Waals surface area contributed by atoms with E-state index in [0.717, 1.165) is 9.91 Å². The second kappa shape index (κ2) is 7.55. The highest BCUT2D eigenvalue weighted by Crippen LogP contribution is 2.38. The first-order valence-electron chi connectivity index (χ1n) is 9.26. The van der Waals surface area contributed by atoms with Crippen LogP contribution in [0.3, 0.4) is 0 Å². The number of urea groups is 1. The number of nitrogens with zero attached hydrogens (tertiary/aromatic N) is 4. The van der Waals surface area contributed by atoms with Crippen LogP contribution in [0.15, 0.2) is 5.38 Å². The van der Waals surface area contributed by atoms with Gasteiger partial charge in [0, 0.05) is 25.0 Å². The van der Waals surface area contributed by atoms with Crippen molar-refractivity contribution in [2.45, 2.75) is 39.2 Å². The lowest BCUT2D eigenvalue weighted by Gasteiger charge is -2.42. The zero-order valence-corrected chi connectivity index (χ0v) is 16.8. The molecule has 8 nitrogen and oxygen atoms in total. The molecule has 3 rings (SSSR count). The van der Waals surface area contributed by atoms with E-state index in [1.807, 2.05) is 20.8 Å². The maximum Gasteiger partial charge on any atom is 0.327 e. The molecule has 4 amide bonds. The molecule has 0 aliphatic carbocycles. The van der Waals surface area contributed by atoms with Gasteiger partial charge in [-0.3, -0.25) is 14.5 Å². The van der Waals surface area contributed by atoms with Gasteiger partial charge in [0.15, 0.2) is 0 Å². The maximum absolute atomic E-state index is 13.1. The van der Waals surface area contributed by atoms with E-state index in [1.165, 1.54) is 11.3 Å². The van der Waals surface area contributed by atoms with Crippen LogP contribution in [0.1, 0.15) is 42.2 Å². The van der Waals surface area contributed by atoms with Crippen LogP contribution in [0.2, 0.25) is 0 Å². The second-order valence-corrected chi connectivity index (χ2v) is 8.61. The Morgan fingerprint density at radius 1 is 1.33 bits per heavy atom. The number of aromatic nitrogens is 1. The molecule has 0 unspecified atom stereocenters. The standard InChI is InChI=1S/C18H26N4O4S/c1-12(2)10-22-17(26)21(8-9-23)16(25)18(22)4-6-20(7-5-18)15(24)14-11-27-13(3)19-14/h11-12,23H,4-10H2,1-3H3. The van der Waals surface area contributed by atoms with E-state index in [0.29, 0.717) is 38.2 Å². The number of aryl methyl sites for hydroxylation is 1. The molecule has 0 aromatic carbocycles. The lowest BCUT2D eigenvalue weighted by molar-refractivity contribution is -0.135. The molecule has 2 aliphatic heterocycles. The SMILES string of the molecule is Cc1nc(C(=O)N2CCC3(CC2)C(=O)N(CCO)C(=O)N3CC(C)C)cs1. The number of carbonyl (C=O) groups is 3. The van der Waals surface area contributed by atoms with E-state index < -0.39 is 5.54 Å². The Kier molecular flexibility index (Phi) is 5.53. The molecular formula is C18H26N4O4S. The van der Waals surface area contributed by atoms with Crippen LogP contribution >= 0.6 is 11.3 Å². The third-order valence-electron chi connectivity index (χ3n) is 5.21. The van der Waals surface area contributed by atoms with Gasteiger partial charge in [-0.15, -0.1) is 11.3 Å². The zero-order valence-electron chi connectivity index (χ0n) is 16.0. The van der Waals surface area contributed by atoms with E-state index in [2.05, 4.69) is 4.98 Å². The molecule has 2 fully saturated rings. The van der Waals surface area contributed by atoms with Crippen LogP contribution in [-0.4, -0.2) is 81.0 Å². The second-order valence-electron chi connectivity index (χ2n) is 7.54. The molecule has 27 heavy (non-hydrogen) atoms. The van der Waals surface area contributed by atoms with Crippen LogP contribution in [0.5, 0.6) is 0 Å². The van der Waals surface area contributed by atoms with Crippen molar-refractivity contribution in [1.82, 2.24) is 19.7 Å². The number of aliphatic hydroxyl groups excluding tert-OH is 1. The molecule has 0 saturated carbocycles. The van der Waals surface area contributed by atoms with E-state index in [1.54, 1.807) is 15.2 Å². The van der Waals surface area contributed by atoms with Crippen molar-refractivity contribution in [1.29, 1.82) is 0 Å². The smallest absolute Gasteiger partial charge is 0.327 e. The minimum atomic E-state index is -0.911. The topological polar surface area (TPSA) is 94.0 Å². The predicted octanol–water partition coefficient (Wildman–Crippen LogP) is 1.34. The van der Waals surface area contributed by atoms with Gasteiger partial charge in [-0.2, -0.15) is 0 Å². The van der Waals surface area contributed by atoms with E-state index in [9.17, 15) is 19.5 Å². The number of piperidine rings is 1. The van der Waals surface area contributed by atoms with E-state index in [4.69, 9.17) is 0 Å². The van der Waals surface area contributed by atoms with Crippen molar-refractivity contribution < 1.29 is 19.5 Å². The van der Waals surface area contributed by atoms with Crippen molar-refractivity contribution in [3.63, 3.8) is 0 Å². The first-order chi connectivity index (χ1) is 12.8. The van der Waals surface area contributed by atoms with Crippen LogP contribution in [0, 0.1) is 12.8 Å². The molecule has 1 spiro atoms. The fraction of sp³-hybridized carbons (Fsp3) is 0.667. The number of likely N-dealkylation sites (tertiary alicyclic amines) is 1. The Balaban J connectivity index is 1.79. The van der Waals surface area contributed by atoms with Gasteiger partial charge in [-0.1, -0.05) is 13.8 Å². The summed E-state index contributed by atoms with van der Waals surface area (Å²) in [6.07, 6.45) is 0.808. The molecule has 2 saturated heterocycles. The van der Waals surface area contributed by atoms with Gasteiger partial charge in [0.2, 0.25) is 0 Å². The van der Waals surface area contributed by atoms with Crippen LogP contribution in [0.4, 0.5) is 4.79 Å². The number of thiazole rings is 1. The van der Waals surface area contributed by atoms with Gasteiger partial charge in [0.1, 0.15) is 11.2 Å². The molecule has 1 aromatic rings. The number of carbonyl (C=O) groups excluding carboxylic acids is 3. The maximum atomic E-state index is 13.1. The largest absolute Gasteiger partial charge is 0.395 e. The highest BCUT2D eigenvalue weighted by atomic mass is 32.1. The lowest BCUT2D eigenvalue weighted by atomic mass is 9.85. The molecule has 1 N–H and O–H groups in total. The van der Waals surface area contributed by atoms with Crippen LogP contribution in [0.25, 0.3) is 0 Å². The summed E-state index contributed by atoms with van der Waals surface area (Å²) in [4.78, 5) is 47.3. The van der Waals surface area contributed by atoms with Gasteiger partial charge in [0.25, 0.3) is 11.8 Å². The van der Waals surface area contributed by atoms with Crippen molar-refractivity contribution in [3.05, 3.63) is 16.1 Å². The summed E-state index contributed by atoms with van der Waals surface area (Å²) in [5.41, 5.74) is -0.478. The lowest BCUT2D eigenvalue weighted by Crippen LogP contribution is -2.58. The van der Waals surface area contributed by atoms with Crippen LogP contribution in [-0.2, 0) is 4.79 Å². The van der Waals surface area contributed by atoms with Crippen LogP contribution < -0.4 is 0 Å². The number of amides is 4. The molecule has 2 aliphatic rings. The summed E-state index contributed by atoms with van der Waals surface area (Å²) in [5.74, 6) is -0.169. The number of aliphatic hydroxyl groups is 1. The fourth-order valence-corrected chi connectivity index (χ4v) is 4.47. The molecule has 1 aromatic heterocycles. The van der Waals surface area contributed by atoms with Gasteiger partial charge < -0.3 is 14.9 Å². The van der Waals surface area contributed by atoms with Gasteiger partial charge in [-0.25, -0.2) is 9.78 Å². The molecule has 0 atom stereocenters. The predicted molar refractivity (Wildman–Crippen MR) is 100 cm³/mol. The van der Waals surface area contributed by atoms with E-state index >= 15 is 0 Å². The summed E-state index contributed by atoms with van der Waals surface area (Å²) in [6, 6.07) is -0.336. The fourth-order valence-electron chi connectivity index (χ4n) is 3.88. The van der Waals surface area contributed by atoms with Crippen molar-refractivity contribution in [2.24, 2.45) is 5.92 Å². The quantitative estimate of drug-likeness (QED) is 0.761. The summed E-state index contributed by atoms with van der Waals surface area (Å²) in [6.45, 7) is 6.89. The molecule has 3 heterocycles. The minimum Gasteiger partial charge on any atom is -0.395 e. The van der Waals surface area contributed by atoms with Gasteiger partial charge >= 0.3 is 6.03 Å². The van der Waals surface area contributed by atoms with Crippen molar-refractivity contribution in [3.8, 4) is 0 Å². The Hall–Kier alpha value is -2.00. The Labute approximate surface area is 162 Å². The molecule has 0 bridgehead atoms. The number of hydrogen-bond donors (Lipinski definition) is 1. The first-order valence-corrected chi connectivity index (χ1v) is 10.1. The Bertz CT molecular complexity index is 739. The summed E-state index contributed by atoms with van der Waals surface area (Å²) < 4.78 is 0. The number of β-amino-alcohol motifs (C(OH)–C–C–N with tert-alkyl or cyclic N) is 1. The number of imide groups is 1. The average molecular weight is 394 g/mol. The number of rotatable bonds is 5. The average Bonchev–Trinajstić information content (AvgIpc) is 3.14. The summed E-state index contributed by atoms with van der Waals surface area (Å²) >= 11 is 1.43. The summed E-state index contributed by atoms with van der Waals surface area (Å²) in [5, 5.41) is 11.8. The summed E-state index contributed by atoms with van der Waals surface area (Å²) in [7, 11) is 0.